The van der Waals surface area contributed by atoms with E-state index in [0.717, 1.165) is 16.9 Å². The Kier molecular flexibility index (Phi) is 4.03. The lowest BCUT2D eigenvalue weighted by Crippen LogP contribution is -2.01. The van der Waals surface area contributed by atoms with Gasteiger partial charge in [-0.15, -0.1) is 0 Å². The van der Waals surface area contributed by atoms with Crippen LogP contribution in [0.5, 0.6) is 0 Å². The van der Waals surface area contributed by atoms with Crippen LogP contribution in [-0.2, 0) is 6.54 Å². The third-order valence-electron chi connectivity index (χ3n) is 4.08. The minimum atomic E-state index is -0.391. The molecule has 0 atom stereocenters. The van der Waals surface area contributed by atoms with E-state index in [1.807, 2.05) is 41.2 Å². The summed E-state index contributed by atoms with van der Waals surface area (Å²) < 4.78 is 1.81. The number of para-hydroxylation sites is 1. The smallest absolute Gasteiger partial charge is 0.278 e. The van der Waals surface area contributed by atoms with E-state index in [0.29, 0.717) is 17.4 Å². The normalized spacial score (nSPS) is 10.8. The summed E-state index contributed by atoms with van der Waals surface area (Å²) in [5.74, 6) is 0. The number of anilines is 1. The Balaban J connectivity index is 1.58. The minimum absolute atomic E-state index is 0.0514. The summed E-state index contributed by atoms with van der Waals surface area (Å²) in [4.78, 5) is 15.1. The number of aromatic nitrogens is 3. The molecule has 0 saturated carbocycles. The number of hydrogen-bond donors (Lipinski definition) is 1. The van der Waals surface area contributed by atoms with E-state index < -0.39 is 4.92 Å². The molecule has 0 aliphatic carbocycles. The number of hydrogen-bond acceptors (Lipinski definition) is 5. The molecule has 7 nitrogen and oxygen atoms in total. The molecular weight excluding hydrogens is 330 g/mol. The molecule has 2 aromatic carbocycles. The number of benzene rings is 2. The van der Waals surface area contributed by atoms with Gasteiger partial charge < -0.3 is 5.32 Å². The number of nitrogens with one attached hydrogen (secondary N) is 1. The van der Waals surface area contributed by atoms with Gasteiger partial charge in [-0.2, -0.15) is 5.10 Å². The maximum absolute atomic E-state index is 11.2. The maximum Gasteiger partial charge on any atom is 0.278 e. The summed E-state index contributed by atoms with van der Waals surface area (Å²) in [6, 6.07) is 16.4. The quantitative estimate of drug-likeness (QED) is 0.437. The molecule has 0 fully saturated rings. The lowest BCUT2D eigenvalue weighted by molar-refractivity contribution is -0.383. The number of pyridine rings is 1. The largest absolute Gasteiger partial charge is 0.379 e. The molecule has 0 bridgehead atoms. The minimum Gasteiger partial charge on any atom is -0.379 e. The number of non-ortho nitro benzene ring substituents is 1. The van der Waals surface area contributed by atoms with E-state index in [-0.39, 0.29) is 5.69 Å². The number of rotatable bonds is 5. The zero-order valence-electron chi connectivity index (χ0n) is 13.7. The third-order valence-corrected chi connectivity index (χ3v) is 4.08. The van der Waals surface area contributed by atoms with Crippen LogP contribution in [0, 0.1) is 10.1 Å². The Morgan fingerprint density at radius 1 is 1.08 bits per heavy atom. The van der Waals surface area contributed by atoms with Crippen molar-refractivity contribution in [3.8, 4) is 5.69 Å². The van der Waals surface area contributed by atoms with Crippen molar-refractivity contribution in [2.24, 2.45) is 0 Å². The van der Waals surface area contributed by atoms with Crippen LogP contribution in [0.2, 0.25) is 0 Å². The summed E-state index contributed by atoms with van der Waals surface area (Å²) in [6.07, 6.45) is 5.37. The summed E-state index contributed by atoms with van der Waals surface area (Å²) in [5.41, 5.74) is 3.36. The predicted molar refractivity (Wildman–Crippen MR) is 99.3 cm³/mol. The highest BCUT2D eigenvalue weighted by molar-refractivity contribution is 5.96. The molecule has 4 aromatic rings. The first-order valence-electron chi connectivity index (χ1n) is 8.07. The predicted octanol–water partition coefficient (Wildman–Crippen LogP) is 3.94. The molecule has 0 aliphatic rings. The van der Waals surface area contributed by atoms with Gasteiger partial charge in [0.1, 0.15) is 5.52 Å². The van der Waals surface area contributed by atoms with Gasteiger partial charge in [0.2, 0.25) is 0 Å². The van der Waals surface area contributed by atoms with Crippen LogP contribution in [0.1, 0.15) is 5.56 Å². The number of nitro groups is 1. The molecule has 0 radical (unpaired) electrons. The zero-order valence-corrected chi connectivity index (χ0v) is 13.7. The van der Waals surface area contributed by atoms with Gasteiger partial charge in [-0.05, 0) is 30.3 Å². The standard InChI is InChI=1S/C19H15N5O2/c25-24(26)18-9-8-17(19-16(18)7-4-10-20-19)21-11-14-12-22-23(13-14)15-5-2-1-3-6-15/h1-10,12-13,21H,11H2. The fraction of sp³-hybridized carbons (Fsp3) is 0.0526. The van der Waals surface area contributed by atoms with Crippen LogP contribution >= 0.6 is 0 Å². The molecule has 128 valence electrons. The Hall–Kier alpha value is -3.74. The first kappa shape index (κ1) is 15.8. The van der Waals surface area contributed by atoms with Crippen molar-refractivity contribution in [2.45, 2.75) is 6.54 Å². The monoisotopic (exact) mass is 345 g/mol. The van der Waals surface area contributed by atoms with Crippen LogP contribution in [0.4, 0.5) is 11.4 Å². The van der Waals surface area contributed by atoms with E-state index in [9.17, 15) is 10.1 Å². The third kappa shape index (κ3) is 2.98. The van der Waals surface area contributed by atoms with E-state index >= 15 is 0 Å². The molecule has 0 saturated heterocycles. The average molecular weight is 345 g/mol. The molecule has 0 amide bonds. The van der Waals surface area contributed by atoms with E-state index in [4.69, 9.17) is 0 Å². The Labute approximate surface area is 149 Å². The Bertz CT molecular complexity index is 1080. The van der Waals surface area contributed by atoms with Gasteiger partial charge in [-0.25, -0.2) is 4.68 Å². The lowest BCUT2D eigenvalue weighted by atomic mass is 10.1. The highest BCUT2D eigenvalue weighted by Crippen LogP contribution is 2.29. The van der Waals surface area contributed by atoms with Gasteiger partial charge in [0, 0.05) is 30.6 Å². The molecule has 0 aliphatic heterocycles. The van der Waals surface area contributed by atoms with Gasteiger partial charge in [-0.1, -0.05) is 18.2 Å². The van der Waals surface area contributed by atoms with E-state index in [2.05, 4.69) is 15.4 Å². The summed E-state index contributed by atoms with van der Waals surface area (Å²) in [5, 5.41) is 19.4. The zero-order chi connectivity index (χ0) is 17.9. The van der Waals surface area contributed by atoms with Gasteiger partial charge in [0.15, 0.2) is 0 Å². The molecule has 0 unspecified atom stereocenters. The van der Waals surface area contributed by atoms with Crippen LogP contribution in [0.25, 0.3) is 16.6 Å². The molecule has 2 aromatic heterocycles. The molecule has 4 rings (SSSR count). The molecule has 7 heteroatoms. The van der Waals surface area contributed by atoms with Gasteiger partial charge in [0.25, 0.3) is 5.69 Å². The average Bonchev–Trinajstić information content (AvgIpc) is 3.15. The van der Waals surface area contributed by atoms with Gasteiger partial charge in [-0.3, -0.25) is 15.1 Å². The fourth-order valence-electron chi connectivity index (χ4n) is 2.83. The number of fused-ring (bicyclic) bond motifs is 1. The van der Waals surface area contributed by atoms with Crippen molar-refractivity contribution in [1.82, 2.24) is 14.8 Å². The molecular formula is C19H15N5O2. The van der Waals surface area contributed by atoms with Crippen molar-refractivity contribution in [2.75, 3.05) is 5.32 Å². The molecule has 1 N–H and O–H groups in total. The van der Waals surface area contributed by atoms with Gasteiger partial charge >= 0.3 is 0 Å². The Morgan fingerprint density at radius 2 is 1.92 bits per heavy atom. The number of nitrogens with zero attached hydrogens (tertiary/aromatic N) is 4. The van der Waals surface area contributed by atoms with Crippen LogP contribution in [0.15, 0.2) is 73.2 Å². The van der Waals surface area contributed by atoms with Crippen molar-refractivity contribution >= 4 is 22.3 Å². The molecule has 0 spiro atoms. The topological polar surface area (TPSA) is 85.9 Å². The SMILES string of the molecule is O=[N+]([O-])c1ccc(NCc2cnn(-c3ccccc3)c2)c2ncccc12. The first-order chi connectivity index (χ1) is 12.7. The lowest BCUT2D eigenvalue weighted by Gasteiger charge is -2.08. The first-order valence-corrected chi connectivity index (χ1v) is 8.07. The van der Waals surface area contributed by atoms with Crippen molar-refractivity contribution < 1.29 is 4.92 Å². The Morgan fingerprint density at radius 3 is 2.73 bits per heavy atom. The highest BCUT2D eigenvalue weighted by atomic mass is 16.6. The van der Waals surface area contributed by atoms with E-state index in [1.54, 1.807) is 30.6 Å². The van der Waals surface area contributed by atoms with Gasteiger partial charge in [0.05, 0.1) is 27.9 Å². The second kappa shape index (κ2) is 6.64. The van der Waals surface area contributed by atoms with Crippen LogP contribution in [0.3, 0.4) is 0 Å². The van der Waals surface area contributed by atoms with E-state index in [1.165, 1.54) is 6.07 Å². The number of nitro benzene ring substituents is 1. The van der Waals surface area contributed by atoms with Crippen molar-refractivity contribution in [3.63, 3.8) is 0 Å². The maximum atomic E-state index is 11.2. The molecule has 2 heterocycles. The van der Waals surface area contributed by atoms with Crippen LogP contribution in [-0.4, -0.2) is 19.7 Å². The summed E-state index contributed by atoms with van der Waals surface area (Å²) in [6.45, 7) is 0.538. The fourth-order valence-corrected chi connectivity index (χ4v) is 2.83. The van der Waals surface area contributed by atoms with Crippen LogP contribution < -0.4 is 5.32 Å². The summed E-state index contributed by atoms with van der Waals surface area (Å²) in [7, 11) is 0. The van der Waals surface area contributed by atoms with Crippen molar-refractivity contribution in [1.29, 1.82) is 0 Å². The second-order valence-corrected chi connectivity index (χ2v) is 5.77. The van der Waals surface area contributed by atoms with Crippen molar-refractivity contribution in [3.05, 3.63) is 88.9 Å². The highest BCUT2D eigenvalue weighted by Gasteiger charge is 2.14. The summed E-state index contributed by atoms with van der Waals surface area (Å²) >= 11 is 0. The second-order valence-electron chi connectivity index (χ2n) is 5.77. The molecule has 26 heavy (non-hydrogen) atoms.